The zero-order valence-electron chi connectivity index (χ0n) is 2.40. The van der Waals surface area contributed by atoms with E-state index in [0.717, 1.165) is 6.29 Å². The SMILES string of the molecule is O=CC[PH3+]. The van der Waals surface area contributed by atoms with Gasteiger partial charge in [-0.15, -0.1) is 0 Å². The molecule has 2 heteroatoms. The van der Waals surface area contributed by atoms with Crippen LogP contribution in [0.5, 0.6) is 0 Å². The maximum atomic E-state index is 9.18. The van der Waals surface area contributed by atoms with Crippen LogP contribution in [-0.4, -0.2) is 12.4 Å². The lowest BCUT2D eigenvalue weighted by molar-refractivity contribution is -0.105. The summed E-state index contributed by atoms with van der Waals surface area (Å²) >= 11 is 0. The van der Waals surface area contributed by atoms with E-state index in [0.29, 0.717) is 6.16 Å². The van der Waals surface area contributed by atoms with Crippen molar-refractivity contribution in [2.45, 2.75) is 0 Å². The van der Waals surface area contributed by atoms with Crippen molar-refractivity contribution in [1.29, 1.82) is 0 Å². The van der Waals surface area contributed by atoms with Crippen molar-refractivity contribution in [3.05, 3.63) is 0 Å². The number of hydrogen-bond donors (Lipinski definition) is 0. The molecule has 0 radical (unpaired) electrons. The third kappa shape index (κ3) is 2.10. The van der Waals surface area contributed by atoms with Crippen LogP contribution in [0.3, 0.4) is 0 Å². The van der Waals surface area contributed by atoms with E-state index in [1.165, 1.54) is 0 Å². The van der Waals surface area contributed by atoms with Gasteiger partial charge in [-0.2, -0.15) is 0 Å². The molecule has 1 nitrogen and oxygen atoms in total. The van der Waals surface area contributed by atoms with Gasteiger partial charge in [-0.25, -0.2) is 0 Å². The Bertz CT molecular complexity index is 20.0. The highest BCUT2D eigenvalue weighted by Gasteiger charge is 1.59. The summed E-state index contributed by atoms with van der Waals surface area (Å²) < 4.78 is 0. The predicted octanol–water partition coefficient (Wildman–Crippen LogP) is -0.207. The highest BCUT2D eigenvalue weighted by molar-refractivity contribution is 7.17. The fourth-order valence-electron chi connectivity index (χ4n) is 0. The molecule has 0 saturated heterocycles. The molecule has 0 spiro atoms. The average Bonchev–Trinajstić information content (AvgIpc) is 1.37. The van der Waals surface area contributed by atoms with Gasteiger partial charge < -0.3 is 0 Å². The Balaban J connectivity index is 2.30. The van der Waals surface area contributed by atoms with Crippen molar-refractivity contribution in [3.63, 3.8) is 0 Å². The molecule has 0 saturated carbocycles. The van der Waals surface area contributed by atoms with E-state index in [-0.39, 0.29) is 0 Å². The molecule has 0 aromatic carbocycles. The van der Waals surface area contributed by atoms with Gasteiger partial charge in [0.2, 0.25) is 0 Å². The highest BCUT2D eigenvalue weighted by Crippen LogP contribution is 1.66. The van der Waals surface area contributed by atoms with Crippen LogP contribution >= 0.6 is 9.24 Å². The molecule has 0 rings (SSSR count). The van der Waals surface area contributed by atoms with Gasteiger partial charge in [0.25, 0.3) is 0 Å². The first-order valence-electron chi connectivity index (χ1n) is 1.14. The van der Waals surface area contributed by atoms with E-state index in [1.807, 2.05) is 0 Å². The second kappa shape index (κ2) is 3.10. The summed E-state index contributed by atoms with van der Waals surface area (Å²) in [4.78, 5) is 9.18. The van der Waals surface area contributed by atoms with E-state index in [9.17, 15) is 4.79 Å². The monoisotopic (exact) mass is 77.0 g/mol. The third-order valence-electron chi connectivity index (χ3n) is 0.118. The highest BCUT2D eigenvalue weighted by atomic mass is 31.0. The first-order chi connectivity index (χ1) is 1.91. The van der Waals surface area contributed by atoms with Gasteiger partial charge in [-0.3, -0.25) is 4.79 Å². The minimum absolute atomic E-state index is 0.667. The second-order valence-electron chi connectivity index (χ2n) is 0.455. The summed E-state index contributed by atoms with van der Waals surface area (Å²) in [6.45, 7) is 0. The van der Waals surface area contributed by atoms with E-state index >= 15 is 0 Å². The van der Waals surface area contributed by atoms with Crippen LogP contribution < -0.4 is 0 Å². The van der Waals surface area contributed by atoms with Crippen LogP contribution in [0.4, 0.5) is 0 Å². The zero-order valence-corrected chi connectivity index (χ0v) is 3.81. The van der Waals surface area contributed by atoms with Gasteiger partial charge in [0.15, 0.2) is 6.29 Å². The summed E-state index contributed by atoms with van der Waals surface area (Å²) in [5.74, 6) is 0. The van der Waals surface area contributed by atoms with Crippen LogP contribution in [0.2, 0.25) is 0 Å². The van der Waals surface area contributed by atoms with Crippen LogP contribution in [0, 0.1) is 0 Å². The molecule has 0 aromatic heterocycles. The molecule has 0 amide bonds. The van der Waals surface area contributed by atoms with Crippen LogP contribution in [0.25, 0.3) is 0 Å². The Morgan fingerprint density at radius 2 is 2.25 bits per heavy atom. The molecule has 0 N–H and O–H groups in total. The van der Waals surface area contributed by atoms with Crippen molar-refractivity contribution in [3.8, 4) is 0 Å². The molecule has 24 valence electrons. The molecule has 1 unspecified atom stereocenters. The van der Waals surface area contributed by atoms with E-state index < -0.39 is 0 Å². The van der Waals surface area contributed by atoms with Gasteiger partial charge in [0, 0.05) is 0 Å². The van der Waals surface area contributed by atoms with Crippen LogP contribution in [-0.2, 0) is 4.79 Å². The topological polar surface area (TPSA) is 17.1 Å². The lowest BCUT2D eigenvalue weighted by Crippen LogP contribution is -1.61. The molecule has 1 atom stereocenters. The van der Waals surface area contributed by atoms with Gasteiger partial charge in [-0.1, -0.05) is 0 Å². The molecule has 0 aliphatic carbocycles. The Kier molecular flexibility index (Phi) is 3.18. The van der Waals surface area contributed by atoms with Crippen LogP contribution in [0.1, 0.15) is 0 Å². The Morgan fingerprint density at radius 3 is 2.25 bits per heavy atom. The number of hydrogen-bond acceptors (Lipinski definition) is 1. The molecule has 0 aliphatic heterocycles. The maximum Gasteiger partial charge on any atom is 0.156 e. The average molecular weight is 77.0 g/mol. The minimum atomic E-state index is 0.667. The first kappa shape index (κ1) is 4.10. The Morgan fingerprint density at radius 1 is 2.00 bits per heavy atom. The number of carbonyl (C=O) groups is 1. The molecule has 0 fully saturated rings. The van der Waals surface area contributed by atoms with Crippen molar-refractivity contribution in [2.75, 3.05) is 6.16 Å². The molecular formula is C2H6OP+. The second-order valence-corrected chi connectivity index (χ2v) is 1.03. The lowest BCUT2D eigenvalue weighted by atomic mass is 10.9. The summed E-state index contributed by atoms with van der Waals surface area (Å²) in [6, 6.07) is 0. The quantitative estimate of drug-likeness (QED) is 0.312. The largest absolute Gasteiger partial charge is 0.299 e. The summed E-state index contributed by atoms with van der Waals surface area (Å²) in [6.07, 6.45) is 1.55. The van der Waals surface area contributed by atoms with E-state index in [4.69, 9.17) is 0 Å². The van der Waals surface area contributed by atoms with Crippen LogP contribution in [0.15, 0.2) is 0 Å². The predicted molar refractivity (Wildman–Crippen MR) is 22.0 cm³/mol. The van der Waals surface area contributed by atoms with Gasteiger partial charge in [0.1, 0.15) is 6.16 Å². The smallest absolute Gasteiger partial charge is 0.156 e. The summed E-state index contributed by atoms with van der Waals surface area (Å²) in [5.41, 5.74) is 0. The van der Waals surface area contributed by atoms with Crippen molar-refractivity contribution < 1.29 is 4.79 Å². The van der Waals surface area contributed by atoms with Crippen molar-refractivity contribution in [1.82, 2.24) is 0 Å². The lowest BCUT2D eigenvalue weighted by Gasteiger charge is -1.45. The van der Waals surface area contributed by atoms with Gasteiger partial charge in [0.05, 0.1) is 0 Å². The van der Waals surface area contributed by atoms with Gasteiger partial charge in [-0.05, 0) is 9.24 Å². The normalized spacial score (nSPS) is 7.00. The third-order valence-corrected chi connectivity index (χ3v) is 0.354. The molecule has 0 heterocycles. The molecule has 0 aromatic rings. The number of rotatable bonds is 1. The fourth-order valence-corrected chi connectivity index (χ4v) is 0. The Hall–Kier alpha value is 0.100. The fraction of sp³-hybridized carbons (Fsp3) is 0.500. The van der Waals surface area contributed by atoms with Crippen molar-refractivity contribution in [2.24, 2.45) is 0 Å². The minimum Gasteiger partial charge on any atom is -0.299 e. The standard InChI is InChI=1S/C2H5OP/c3-1-2-4/h1H,2,4H2/p+1. The summed E-state index contributed by atoms with van der Waals surface area (Å²) in [7, 11) is 1.65. The maximum absolute atomic E-state index is 9.18. The van der Waals surface area contributed by atoms with E-state index in [2.05, 4.69) is 0 Å². The number of carbonyl (C=O) groups excluding carboxylic acids is 1. The van der Waals surface area contributed by atoms with Crippen molar-refractivity contribution >= 4 is 15.5 Å². The molecular weight excluding hydrogens is 71.0 g/mol. The van der Waals surface area contributed by atoms with Gasteiger partial charge >= 0.3 is 0 Å². The molecule has 0 bridgehead atoms. The molecule has 4 heavy (non-hydrogen) atoms. The number of aldehydes is 1. The first-order valence-corrected chi connectivity index (χ1v) is 2.14. The zero-order chi connectivity index (χ0) is 3.41. The van der Waals surface area contributed by atoms with E-state index in [1.54, 1.807) is 9.24 Å². The molecule has 0 aliphatic rings. The summed E-state index contributed by atoms with van der Waals surface area (Å²) in [5, 5.41) is 0. The Labute approximate surface area is 27.6 Å².